The molecule has 1 aliphatic rings. The first-order chi connectivity index (χ1) is 9.54. The van der Waals surface area contributed by atoms with Gasteiger partial charge in [-0.2, -0.15) is 0 Å². The maximum Gasteiger partial charge on any atom is 0.126 e. The van der Waals surface area contributed by atoms with Gasteiger partial charge < -0.3 is 10.3 Å². The van der Waals surface area contributed by atoms with E-state index in [0.717, 1.165) is 24.2 Å². The van der Waals surface area contributed by atoms with E-state index in [1.807, 2.05) is 36.0 Å². The van der Waals surface area contributed by atoms with Gasteiger partial charge in [0, 0.05) is 24.9 Å². The van der Waals surface area contributed by atoms with Crippen molar-refractivity contribution < 1.29 is 0 Å². The van der Waals surface area contributed by atoms with Gasteiger partial charge in [0.2, 0.25) is 0 Å². The van der Waals surface area contributed by atoms with Gasteiger partial charge in [-0.05, 0) is 30.5 Å². The van der Waals surface area contributed by atoms with Gasteiger partial charge in [-0.15, -0.1) is 0 Å². The third-order valence-electron chi connectivity index (χ3n) is 4.47. The molecule has 3 nitrogen and oxygen atoms in total. The van der Waals surface area contributed by atoms with Gasteiger partial charge in [0.15, 0.2) is 0 Å². The summed E-state index contributed by atoms with van der Waals surface area (Å²) >= 11 is 12.2. The van der Waals surface area contributed by atoms with E-state index in [2.05, 4.69) is 4.98 Å². The van der Waals surface area contributed by atoms with Crippen molar-refractivity contribution in [3.05, 3.63) is 52.0 Å². The summed E-state index contributed by atoms with van der Waals surface area (Å²) in [5.74, 6) is 0.913. The molecule has 1 atom stereocenters. The predicted molar refractivity (Wildman–Crippen MR) is 82.1 cm³/mol. The Labute approximate surface area is 128 Å². The molecule has 1 heterocycles. The Morgan fingerprint density at radius 2 is 2.05 bits per heavy atom. The molecule has 1 aromatic heterocycles. The summed E-state index contributed by atoms with van der Waals surface area (Å²) in [6.45, 7) is 0. The molecule has 2 aromatic rings. The second-order valence-corrected chi connectivity index (χ2v) is 6.33. The molecule has 3 rings (SSSR count). The summed E-state index contributed by atoms with van der Waals surface area (Å²) in [4.78, 5) is 4.41. The number of aryl methyl sites for hydroxylation is 1. The van der Waals surface area contributed by atoms with Gasteiger partial charge in [0.05, 0.1) is 16.1 Å². The lowest BCUT2D eigenvalue weighted by Gasteiger charge is -2.46. The van der Waals surface area contributed by atoms with Crippen LogP contribution in [-0.4, -0.2) is 9.55 Å². The van der Waals surface area contributed by atoms with Crippen LogP contribution in [0.3, 0.4) is 0 Å². The van der Waals surface area contributed by atoms with Crippen molar-refractivity contribution in [2.24, 2.45) is 12.8 Å². The molecule has 0 spiro atoms. The van der Waals surface area contributed by atoms with Crippen LogP contribution in [0.25, 0.3) is 0 Å². The molecule has 20 heavy (non-hydrogen) atoms. The number of imidazole rings is 1. The lowest BCUT2D eigenvalue weighted by molar-refractivity contribution is 0.189. The van der Waals surface area contributed by atoms with E-state index in [4.69, 9.17) is 28.9 Å². The molecule has 1 aromatic carbocycles. The summed E-state index contributed by atoms with van der Waals surface area (Å²) in [5, 5.41) is 1.16. The summed E-state index contributed by atoms with van der Waals surface area (Å²) in [6, 6.07) is 5.71. The molecule has 0 amide bonds. The van der Waals surface area contributed by atoms with E-state index >= 15 is 0 Å². The second-order valence-electron chi connectivity index (χ2n) is 5.51. The molecule has 0 radical (unpaired) electrons. The molecule has 0 saturated heterocycles. The Kier molecular flexibility index (Phi) is 3.53. The molecule has 1 fully saturated rings. The third kappa shape index (κ3) is 2.05. The minimum atomic E-state index is -0.131. The molecular weight excluding hydrogens is 293 g/mol. The van der Waals surface area contributed by atoms with Crippen LogP contribution in [0.4, 0.5) is 0 Å². The number of rotatable bonds is 3. The van der Waals surface area contributed by atoms with Crippen LogP contribution in [0.15, 0.2) is 30.6 Å². The lowest BCUT2D eigenvalue weighted by atomic mass is 9.60. The largest absolute Gasteiger partial charge is 0.337 e. The number of nitrogens with zero attached hydrogens (tertiary/aromatic N) is 2. The monoisotopic (exact) mass is 309 g/mol. The molecule has 5 heteroatoms. The van der Waals surface area contributed by atoms with Crippen LogP contribution in [-0.2, 0) is 12.5 Å². The molecule has 0 aliphatic heterocycles. The van der Waals surface area contributed by atoms with E-state index < -0.39 is 0 Å². The van der Waals surface area contributed by atoms with Crippen molar-refractivity contribution in [1.82, 2.24) is 9.55 Å². The number of hydrogen-bond donors (Lipinski definition) is 1. The topological polar surface area (TPSA) is 43.8 Å². The zero-order valence-corrected chi connectivity index (χ0v) is 12.8. The van der Waals surface area contributed by atoms with Gasteiger partial charge in [0.1, 0.15) is 5.82 Å². The Morgan fingerprint density at radius 1 is 1.30 bits per heavy atom. The first kappa shape index (κ1) is 13.9. The first-order valence-corrected chi connectivity index (χ1v) is 7.48. The van der Waals surface area contributed by atoms with E-state index in [1.54, 1.807) is 6.20 Å². The Morgan fingerprint density at radius 3 is 2.55 bits per heavy atom. The number of hydrogen-bond acceptors (Lipinski definition) is 2. The highest BCUT2D eigenvalue weighted by Gasteiger charge is 2.46. The average molecular weight is 310 g/mol. The minimum absolute atomic E-state index is 0.0760. The summed E-state index contributed by atoms with van der Waals surface area (Å²) < 4.78 is 1.99. The standard InChI is InChI=1S/C15H17Cl2N3/c1-20-8-7-19-14(20)13(18)15(5-2-6-15)10-3-4-11(16)12(17)9-10/h3-4,7-9,13H,2,5-6,18H2,1H3. The fourth-order valence-electron chi connectivity index (χ4n) is 3.07. The summed E-state index contributed by atoms with van der Waals surface area (Å²) in [7, 11) is 1.98. The van der Waals surface area contributed by atoms with Gasteiger partial charge >= 0.3 is 0 Å². The average Bonchev–Trinajstić information content (AvgIpc) is 2.78. The number of benzene rings is 1. The van der Waals surface area contributed by atoms with E-state index in [9.17, 15) is 0 Å². The van der Waals surface area contributed by atoms with E-state index in [0.29, 0.717) is 10.0 Å². The molecule has 2 N–H and O–H groups in total. The lowest BCUT2D eigenvalue weighted by Crippen LogP contribution is -2.45. The highest BCUT2D eigenvalue weighted by Crippen LogP contribution is 2.51. The molecule has 1 aliphatic carbocycles. The number of aromatic nitrogens is 2. The van der Waals surface area contributed by atoms with Crippen molar-refractivity contribution in [3.63, 3.8) is 0 Å². The van der Waals surface area contributed by atoms with Crippen molar-refractivity contribution in [2.45, 2.75) is 30.7 Å². The first-order valence-electron chi connectivity index (χ1n) is 6.73. The highest BCUT2D eigenvalue weighted by atomic mass is 35.5. The number of nitrogens with two attached hydrogens (primary N) is 1. The molecule has 106 valence electrons. The maximum absolute atomic E-state index is 6.54. The van der Waals surface area contributed by atoms with Crippen LogP contribution in [0.5, 0.6) is 0 Å². The fraction of sp³-hybridized carbons (Fsp3) is 0.400. The fourth-order valence-corrected chi connectivity index (χ4v) is 3.36. The quantitative estimate of drug-likeness (QED) is 0.936. The number of halogens is 2. The summed E-state index contributed by atoms with van der Waals surface area (Å²) in [5.41, 5.74) is 7.63. The highest BCUT2D eigenvalue weighted by molar-refractivity contribution is 6.42. The van der Waals surface area contributed by atoms with Crippen molar-refractivity contribution >= 4 is 23.2 Å². The van der Waals surface area contributed by atoms with Gasteiger partial charge in [-0.25, -0.2) is 4.98 Å². The predicted octanol–water partition coefficient (Wildman–Crippen LogP) is 3.85. The zero-order chi connectivity index (χ0) is 14.3. The van der Waals surface area contributed by atoms with Crippen LogP contribution in [0.1, 0.15) is 36.7 Å². The molecule has 0 bridgehead atoms. The van der Waals surface area contributed by atoms with Gasteiger partial charge in [-0.1, -0.05) is 35.7 Å². The van der Waals surface area contributed by atoms with Crippen molar-refractivity contribution in [3.8, 4) is 0 Å². The SMILES string of the molecule is Cn1ccnc1C(N)C1(c2ccc(Cl)c(Cl)c2)CCC1. The van der Waals surface area contributed by atoms with Crippen LogP contribution >= 0.6 is 23.2 Å². The molecule has 1 saturated carbocycles. The Bertz CT molecular complexity index is 632. The van der Waals surface area contributed by atoms with Crippen LogP contribution in [0.2, 0.25) is 10.0 Å². The Balaban J connectivity index is 2.03. The van der Waals surface area contributed by atoms with Crippen molar-refractivity contribution in [1.29, 1.82) is 0 Å². The zero-order valence-electron chi connectivity index (χ0n) is 11.3. The Hall–Kier alpha value is -1.03. The minimum Gasteiger partial charge on any atom is -0.337 e. The molecular formula is C15H17Cl2N3. The second kappa shape index (κ2) is 5.06. The van der Waals surface area contributed by atoms with Gasteiger partial charge in [0.25, 0.3) is 0 Å². The van der Waals surface area contributed by atoms with Crippen molar-refractivity contribution in [2.75, 3.05) is 0 Å². The normalized spacial score (nSPS) is 18.6. The molecule has 1 unspecified atom stereocenters. The van der Waals surface area contributed by atoms with Crippen LogP contribution in [0, 0.1) is 0 Å². The van der Waals surface area contributed by atoms with Gasteiger partial charge in [-0.3, -0.25) is 0 Å². The maximum atomic E-state index is 6.54. The van der Waals surface area contributed by atoms with E-state index in [-0.39, 0.29) is 11.5 Å². The van der Waals surface area contributed by atoms with E-state index in [1.165, 1.54) is 6.42 Å². The smallest absolute Gasteiger partial charge is 0.126 e. The third-order valence-corrected chi connectivity index (χ3v) is 5.21. The summed E-state index contributed by atoms with van der Waals surface area (Å²) in [6.07, 6.45) is 7.00. The van der Waals surface area contributed by atoms with Crippen LogP contribution < -0.4 is 5.73 Å².